The van der Waals surface area contributed by atoms with E-state index in [1.807, 2.05) is 18.2 Å². The van der Waals surface area contributed by atoms with Crippen molar-refractivity contribution in [1.82, 2.24) is 0 Å². The first-order valence-electron chi connectivity index (χ1n) is 5.79. The molecule has 0 aliphatic rings. The van der Waals surface area contributed by atoms with Crippen molar-refractivity contribution in [3.63, 3.8) is 0 Å². The van der Waals surface area contributed by atoms with Gasteiger partial charge in [0.1, 0.15) is 0 Å². The predicted octanol–water partition coefficient (Wildman–Crippen LogP) is 3.46. The minimum atomic E-state index is -0.00539. The lowest BCUT2D eigenvalue weighted by Crippen LogP contribution is -2.32. The molecule has 0 bridgehead atoms. The number of rotatable bonds is 5. The van der Waals surface area contributed by atoms with Gasteiger partial charge in [0.2, 0.25) is 0 Å². The second-order valence-corrected chi connectivity index (χ2v) is 4.38. The number of hydrogen-bond donors (Lipinski definition) is 1. The van der Waals surface area contributed by atoms with Gasteiger partial charge in [-0.15, -0.1) is 0 Å². The number of hydrogen-bond acceptors (Lipinski definition) is 2. The fraction of sp³-hybridized carbons (Fsp3) is 0.538. The zero-order valence-corrected chi connectivity index (χ0v) is 11.0. The number of benzene rings is 1. The average molecular weight is 242 g/mol. The van der Waals surface area contributed by atoms with Crippen LogP contribution in [0.4, 0.5) is 5.69 Å². The number of aliphatic hydroxyl groups is 1. The standard InChI is InChI=1S/C13H20ClNO/c1-4-10(3)15(5-2)12-7-6-11(9-16)13(14)8-12/h6-8,10,16H,4-5,9H2,1-3H3. The van der Waals surface area contributed by atoms with Crippen molar-refractivity contribution in [3.05, 3.63) is 28.8 Å². The zero-order valence-electron chi connectivity index (χ0n) is 10.2. The van der Waals surface area contributed by atoms with E-state index in [-0.39, 0.29) is 6.61 Å². The quantitative estimate of drug-likeness (QED) is 0.854. The van der Waals surface area contributed by atoms with Crippen LogP contribution in [0.15, 0.2) is 18.2 Å². The van der Waals surface area contributed by atoms with Crippen molar-refractivity contribution in [3.8, 4) is 0 Å². The van der Waals surface area contributed by atoms with Gasteiger partial charge >= 0.3 is 0 Å². The Balaban J connectivity index is 2.98. The molecule has 0 spiro atoms. The summed E-state index contributed by atoms with van der Waals surface area (Å²) in [5.74, 6) is 0. The third-order valence-corrected chi connectivity index (χ3v) is 3.35. The number of anilines is 1. The summed E-state index contributed by atoms with van der Waals surface area (Å²) in [5.41, 5.74) is 1.91. The summed E-state index contributed by atoms with van der Waals surface area (Å²) in [4.78, 5) is 2.31. The third kappa shape index (κ3) is 2.89. The predicted molar refractivity (Wildman–Crippen MR) is 70.1 cm³/mol. The Morgan fingerprint density at radius 1 is 1.38 bits per heavy atom. The van der Waals surface area contributed by atoms with E-state index in [4.69, 9.17) is 16.7 Å². The summed E-state index contributed by atoms with van der Waals surface area (Å²) in [6, 6.07) is 6.35. The highest BCUT2D eigenvalue weighted by Gasteiger charge is 2.12. The third-order valence-electron chi connectivity index (χ3n) is 3.00. The summed E-state index contributed by atoms with van der Waals surface area (Å²) in [6.45, 7) is 7.48. The highest BCUT2D eigenvalue weighted by molar-refractivity contribution is 6.31. The van der Waals surface area contributed by atoms with Crippen LogP contribution in [0.2, 0.25) is 5.02 Å². The van der Waals surface area contributed by atoms with E-state index in [1.54, 1.807) is 0 Å². The monoisotopic (exact) mass is 241 g/mol. The molecular formula is C13H20ClNO. The Hall–Kier alpha value is -0.730. The summed E-state index contributed by atoms with van der Waals surface area (Å²) < 4.78 is 0. The maximum absolute atomic E-state index is 9.06. The molecule has 1 unspecified atom stereocenters. The maximum Gasteiger partial charge on any atom is 0.0696 e. The Labute approximate surface area is 103 Å². The first kappa shape index (κ1) is 13.3. The first-order valence-corrected chi connectivity index (χ1v) is 6.17. The zero-order chi connectivity index (χ0) is 12.1. The van der Waals surface area contributed by atoms with E-state index in [2.05, 4.69) is 25.7 Å². The second-order valence-electron chi connectivity index (χ2n) is 3.98. The molecule has 0 aromatic heterocycles. The van der Waals surface area contributed by atoms with Crippen LogP contribution in [0.25, 0.3) is 0 Å². The number of halogens is 1. The lowest BCUT2D eigenvalue weighted by atomic mass is 10.1. The molecule has 3 heteroatoms. The van der Waals surface area contributed by atoms with Crippen LogP contribution in [-0.2, 0) is 6.61 Å². The minimum absolute atomic E-state index is 0.00539. The molecule has 1 aromatic rings. The van der Waals surface area contributed by atoms with E-state index >= 15 is 0 Å². The summed E-state index contributed by atoms with van der Waals surface area (Å²) in [6.07, 6.45) is 1.10. The van der Waals surface area contributed by atoms with Crippen molar-refractivity contribution in [2.75, 3.05) is 11.4 Å². The van der Waals surface area contributed by atoms with Crippen LogP contribution in [0.3, 0.4) is 0 Å². The molecule has 0 fully saturated rings. The Morgan fingerprint density at radius 2 is 2.06 bits per heavy atom. The molecule has 0 saturated heterocycles. The smallest absolute Gasteiger partial charge is 0.0696 e. The lowest BCUT2D eigenvalue weighted by Gasteiger charge is -2.29. The molecule has 16 heavy (non-hydrogen) atoms. The molecule has 1 atom stereocenters. The molecule has 90 valence electrons. The van der Waals surface area contributed by atoms with Crippen molar-refractivity contribution in [2.24, 2.45) is 0 Å². The van der Waals surface area contributed by atoms with Gasteiger partial charge in [-0.25, -0.2) is 0 Å². The molecule has 1 N–H and O–H groups in total. The Morgan fingerprint density at radius 3 is 2.50 bits per heavy atom. The van der Waals surface area contributed by atoms with Crippen molar-refractivity contribution >= 4 is 17.3 Å². The molecule has 0 aliphatic carbocycles. The van der Waals surface area contributed by atoms with Crippen LogP contribution in [-0.4, -0.2) is 17.7 Å². The van der Waals surface area contributed by atoms with Crippen LogP contribution < -0.4 is 4.90 Å². The van der Waals surface area contributed by atoms with Gasteiger partial charge in [-0.1, -0.05) is 24.6 Å². The highest BCUT2D eigenvalue weighted by Crippen LogP contribution is 2.25. The molecule has 0 heterocycles. The van der Waals surface area contributed by atoms with Crippen LogP contribution in [0.5, 0.6) is 0 Å². The summed E-state index contributed by atoms with van der Waals surface area (Å²) >= 11 is 6.09. The van der Waals surface area contributed by atoms with Crippen molar-refractivity contribution < 1.29 is 5.11 Å². The molecular weight excluding hydrogens is 222 g/mol. The molecule has 0 amide bonds. The van der Waals surface area contributed by atoms with Gasteiger partial charge in [-0.3, -0.25) is 0 Å². The van der Waals surface area contributed by atoms with E-state index < -0.39 is 0 Å². The van der Waals surface area contributed by atoms with Gasteiger partial charge < -0.3 is 10.0 Å². The van der Waals surface area contributed by atoms with Gasteiger partial charge in [-0.05, 0) is 38.0 Å². The largest absolute Gasteiger partial charge is 0.392 e. The Bertz CT molecular complexity index is 341. The van der Waals surface area contributed by atoms with Gasteiger partial charge in [0.15, 0.2) is 0 Å². The molecule has 2 nitrogen and oxygen atoms in total. The van der Waals surface area contributed by atoms with Crippen molar-refractivity contribution in [1.29, 1.82) is 0 Å². The Kier molecular flexibility index (Phi) is 5.10. The normalized spacial score (nSPS) is 12.6. The molecule has 0 radical (unpaired) electrons. The van der Waals surface area contributed by atoms with Crippen LogP contribution >= 0.6 is 11.6 Å². The number of nitrogens with zero attached hydrogens (tertiary/aromatic N) is 1. The van der Waals surface area contributed by atoms with Crippen molar-refractivity contribution in [2.45, 2.75) is 39.8 Å². The van der Waals surface area contributed by atoms with E-state index in [1.165, 1.54) is 0 Å². The fourth-order valence-corrected chi connectivity index (χ4v) is 2.05. The van der Waals surface area contributed by atoms with Gasteiger partial charge in [0, 0.05) is 23.3 Å². The minimum Gasteiger partial charge on any atom is -0.392 e. The molecule has 0 aliphatic heterocycles. The molecule has 0 saturated carbocycles. The molecule has 1 aromatic carbocycles. The summed E-state index contributed by atoms with van der Waals surface area (Å²) in [5, 5.41) is 9.70. The fourth-order valence-electron chi connectivity index (χ4n) is 1.81. The van der Waals surface area contributed by atoms with E-state index in [9.17, 15) is 0 Å². The van der Waals surface area contributed by atoms with Crippen LogP contribution in [0.1, 0.15) is 32.8 Å². The average Bonchev–Trinajstić information content (AvgIpc) is 2.30. The second kappa shape index (κ2) is 6.12. The topological polar surface area (TPSA) is 23.5 Å². The van der Waals surface area contributed by atoms with Crippen LogP contribution in [0, 0.1) is 0 Å². The SMILES string of the molecule is CCC(C)N(CC)c1ccc(CO)c(Cl)c1. The molecule has 1 rings (SSSR count). The van der Waals surface area contributed by atoms with E-state index in [0.29, 0.717) is 11.1 Å². The summed E-state index contributed by atoms with van der Waals surface area (Å²) in [7, 11) is 0. The highest BCUT2D eigenvalue weighted by atomic mass is 35.5. The van der Waals surface area contributed by atoms with Gasteiger partial charge in [0.25, 0.3) is 0 Å². The van der Waals surface area contributed by atoms with Gasteiger partial charge in [0.05, 0.1) is 6.61 Å². The first-order chi connectivity index (χ1) is 7.63. The van der Waals surface area contributed by atoms with E-state index in [0.717, 1.165) is 24.2 Å². The van der Waals surface area contributed by atoms with Gasteiger partial charge in [-0.2, -0.15) is 0 Å². The maximum atomic E-state index is 9.06. The lowest BCUT2D eigenvalue weighted by molar-refractivity contribution is 0.282. The number of aliphatic hydroxyl groups excluding tert-OH is 1.